The van der Waals surface area contributed by atoms with Gasteiger partial charge in [-0.3, -0.25) is 4.90 Å². The fourth-order valence-electron chi connectivity index (χ4n) is 3.22. The van der Waals surface area contributed by atoms with Crippen LogP contribution in [0.1, 0.15) is 52.9 Å². The molecule has 2 rings (SSSR count). The highest BCUT2D eigenvalue weighted by Gasteiger charge is 2.30. The van der Waals surface area contributed by atoms with E-state index in [2.05, 4.69) is 31.0 Å². The Bertz CT molecular complexity index is 223. The third-order valence-electron chi connectivity index (χ3n) is 4.33. The van der Waals surface area contributed by atoms with Crippen molar-refractivity contribution in [1.82, 2.24) is 10.2 Å². The normalized spacial score (nSPS) is 28.6. The van der Waals surface area contributed by atoms with Crippen molar-refractivity contribution in [2.75, 3.05) is 19.6 Å². The zero-order valence-corrected chi connectivity index (χ0v) is 11.9. The Labute approximate surface area is 107 Å². The van der Waals surface area contributed by atoms with E-state index in [4.69, 9.17) is 0 Å². The van der Waals surface area contributed by atoms with Crippen molar-refractivity contribution in [3.63, 3.8) is 0 Å². The Balaban J connectivity index is 1.81. The molecule has 2 nitrogen and oxygen atoms in total. The van der Waals surface area contributed by atoms with Gasteiger partial charge in [0.1, 0.15) is 0 Å². The molecule has 2 aliphatic rings. The summed E-state index contributed by atoms with van der Waals surface area (Å²) in [5.74, 6) is 1.88. The quantitative estimate of drug-likeness (QED) is 0.765. The summed E-state index contributed by atoms with van der Waals surface area (Å²) in [4.78, 5) is 2.77. The lowest BCUT2D eigenvalue weighted by Crippen LogP contribution is -2.54. The molecule has 0 aromatic carbocycles. The first kappa shape index (κ1) is 13.4. The summed E-state index contributed by atoms with van der Waals surface area (Å²) in [5.41, 5.74) is 0. The van der Waals surface area contributed by atoms with Crippen LogP contribution < -0.4 is 5.32 Å². The SMILES string of the molecule is CCC(CC1CC1)N1CCNC(CC(C)C)C1. The van der Waals surface area contributed by atoms with Crippen LogP contribution in [0.25, 0.3) is 0 Å². The Morgan fingerprint density at radius 1 is 1.24 bits per heavy atom. The second-order valence-electron chi connectivity index (χ2n) is 6.52. The Morgan fingerprint density at radius 2 is 2.00 bits per heavy atom. The second kappa shape index (κ2) is 6.19. The zero-order chi connectivity index (χ0) is 12.3. The molecule has 1 N–H and O–H groups in total. The predicted molar refractivity (Wildman–Crippen MR) is 74.2 cm³/mol. The fourth-order valence-corrected chi connectivity index (χ4v) is 3.22. The maximum absolute atomic E-state index is 3.69. The van der Waals surface area contributed by atoms with Crippen LogP contribution in [0.4, 0.5) is 0 Å². The maximum atomic E-state index is 3.69. The average Bonchev–Trinajstić information content (AvgIpc) is 3.09. The van der Waals surface area contributed by atoms with Crippen LogP contribution in [0.5, 0.6) is 0 Å². The molecule has 1 aliphatic carbocycles. The summed E-state index contributed by atoms with van der Waals surface area (Å²) in [6.45, 7) is 10.8. The lowest BCUT2D eigenvalue weighted by atomic mass is 9.99. The summed E-state index contributed by atoms with van der Waals surface area (Å²) in [6.07, 6.45) is 7.13. The number of rotatable bonds is 6. The minimum atomic E-state index is 0.733. The van der Waals surface area contributed by atoms with Crippen molar-refractivity contribution < 1.29 is 0 Å². The van der Waals surface area contributed by atoms with Crippen LogP contribution in [-0.2, 0) is 0 Å². The van der Waals surface area contributed by atoms with Crippen LogP contribution in [0.3, 0.4) is 0 Å². The zero-order valence-electron chi connectivity index (χ0n) is 11.9. The van der Waals surface area contributed by atoms with E-state index >= 15 is 0 Å². The highest BCUT2D eigenvalue weighted by Crippen LogP contribution is 2.35. The molecule has 1 saturated carbocycles. The van der Waals surface area contributed by atoms with Gasteiger partial charge in [-0.1, -0.05) is 33.6 Å². The van der Waals surface area contributed by atoms with E-state index in [9.17, 15) is 0 Å². The van der Waals surface area contributed by atoms with Crippen LogP contribution >= 0.6 is 0 Å². The van der Waals surface area contributed by atoms with Crippen LogP contribution in [0.2, 0.25) is 0 Å². The summed E-state index contributed by atoms with van der Waals surface area (Å²) < 4.78 is 0. The van der Waals surface area contributed by atoms with E-state index < -0.39 is 0 Å². The number of piperazine rings is 1. The molecule has 100 valence electrons. The van der Waals surface area contributed by atoms with Crippen LogP contribution in [0.15, 0.2) is 0 Å². The Kier molecular flexibility index (Phi) is 4.87. The second-order valence-corrected chi connectivity index (χ2v) is 6.52. The number of hydrogen-bond acceptors (Lipinski definition) is 2. The first-order valence-electron chi connectivity index (χ1n) is 7.66. The minimum absolute atomic E-state index is 0.733. The molecule has 2 unspecified atom stereocenters. The predicted octanol–water partition coefficient (Wildman–Crippen LogP) is 2.89. The van der Waals surface area contributed by atoms with Crippen molar-refractivity contribution in [2.45, 2.75) is 65.0 Å². The molecule has 2 heteroatoms. The van der Waals surface area contributed by atoms with Gasteiger partial charge in [-0.15, -0.1) is 0 Å². The Morgan fingerprint density at radius 3 is 2.59 bits per heavy atom. The molecule has 17 heavy (non-hydrogen) atoms. The van der Waals surface area contributed by atoms with Crippen molar-refractivity contribution in [3.8, 4) is 0 Å². The van der Waals surface area contributed by atoms with Gasteiger partial charge in [0.25, 0.3) is 0 Å². The molecule has 0 aromatic rings. The molecule has 2 fully saturated rings. The van der Waals surface area contributed by atoms with Gasteiger partial charge in [-0.25, -0.2) is 0 Å². The molecule has 1 aliphatic heterocycles. The van der Waals surface area contributed by atoms with Gasteiger partial charge >= 0.3 is 0 Å². The molecule has 0 spiro atoms. The molecule has 0 radical (unpaired) electrons. The summed E-state index contributed by atoms with van der Waals surface area (Å²) in [7, 11) is 0. The van der Waals surface area contributed by atoms with E-state index in [1.165, 1.54) is 51.7 Å². The summed E-state index contributed by atoms with van der Waals surface area (Å²) in [5, 5.41) is 3.69. The first-order valence-corrected chi connectivity index (χ1v) is 7.66. The largest absolute Gasteiger partial charge is 0.311 e. The number of nitrogens with zero attached hydrogens (tertiary/aromatic N) is 1. The highest BCUT2D eigenvalue weighted by molar-refractivity contribution is 4.86. The number of nitrogens with one attached hydrogen (secondary N) is 1. The van der Waals surface area contributed by atoms with Crippen molar-refractivity contribution in [2.24, 2.45) is 11.8 Å². The van der Waals surface area contributed by atoms with Gasteiger partial charge in [0.15, 0.2) is 0 Å². The molecule has 0 bridgehead atoms. The molecule has 1 heterocycles. The molecule has 1 saturated heterocycles. The van der Waals surface area contributed by atoms with E-state index in [1.54, 1.807) is 0 Å². The third kappa shape index (κ3) is 4.26. The smallest absolute Gasteiger partial charge is 0.0198 e. The molecule has 0 aromatic heterocycles. The first-order chi connectivity index (χ1) is 8.19. The van der Waals surface area contributed by atoms with Crippen molar-refractivity contribution in [1.29, 1.82) is 0 Å². The van der Waals surface area contributed by atoms with Gasteiger partial charge in [-0.2, -0.15) is 0 Å². The van der Waals surface area contributed by atoms with Gasteiger partial charge in [0.05, 0.1) is 0 Å². The Hall–Kier alpha value is -0.0800. The average molecular weight is 238 g/mol. The van der Waals surface area contributed by atoms with Crippen molar-refractivity contribution >= 4 is 0 Å². The van der Waals surface area contributed by atoms with Gasteiger partial charge < -0.3 is 5.32 Å². The van der Waals surface area contributed by atoms with Gasteiger partial charge in [0.2, 0.25) is 0 Å². The van der Waals surface area contributed by atoms with E-state index in [0.29, 0.717) is 0 Å². The van der Waals surface area contributed by atoms with Crippen LogP contribution in [-0.4, -0.2) is 36.6 Å². The standard InChI is InChI=1S/C15H30N2/c1-4-15(10-13-5-6-13)17-8-7-16-14(11-17)9-12(2)3/h12-16H,4-11H2,1-3H3. The molecule has 0 amide bonds. The van der Waals surface area contributed by atoms with Gasteiger partial charge in [-0.05, 0) is 31.1 Å². The fraction of sp³-hybridized carbons (Fsp3) is 1.00. The topological polar surface area (TPSA) is 15.3 Å². The lowest BCUT2D eigenvalue weighted by Gasteiger charge is -2.39. The molecular weight excluding hydrogens is 208 g/mol. The van der Waals surface area contributed by atoms with Gasteiger partial charge in [0, 0.05) is 31.7 Å². The minimum Gasteiger partial charge on any atom is -0.311 e. The summed E-state index contributed by atoms with van der Waals surface area (Å²) >= 11 is 0. The number of hydrogen-bond donors (Lipinski definition) is 1. The van der Waals surface area contributed by atoms with E-state index in [0.717, 1.165) is 23.9 Å². The van der Waals surface area contributed by atoms with E-state index in [-0.39, 0.29) is 0 Å². The monoisotopic (exact) mass is 238 g/mol. The molecule has 2 atom stereocenters. The van der Waals surface area contributed by atoms with E-state index in [1.807, 2.05) is 0 Å². The third-order valence-corrected chi connectivity index (χ3v) is 4.33. The molecular formula is C15H30N2. The summed E-state index contributed by atoms with van der Waals surface area (Å²) in [6, 6.07) is 1.59. The highest BCUT2D eigenvalue weighted by atomic mass is 15.2. The van der Waals surface area contributed by atoms with Crippen molar-refractivity contribution in [3.05, 3.63) is 0 Å². The lowest BCUT2D eigenvalue weighted by molar-refractivity contribution is 0.122. The maximum Gasteiger partial charge on any atom is 0.0198 e. The van der Waals surface area contributed by atoms with Crippen LogP contribution in [0, 0.1) is 11.8 Å².